The van der Waals surface area contributed by atoms with Crippen molar-refractivity contribution in [2.24, 2.45) is 28.4 Å². The van der Waals surface area contributed by atoms with Gasteiger partial charge in [-0.2, -0.15) is 0 Å². The molecular weight excluding hydrogens is 1160 g/mol. The van der Waals surface area contributed by atoms with E-state index in [4.69, 9.17) is 25.1 Å². The fourth-order valence-electron chi connectivity index (χ4n) is 11.0. The van der Waals surface area contributed by atoms with Crippen LogP contribution in [0.25, 0.3) is 0 Å². The minimum absolute atomic E-state index is 0.000420. The van der Waals surface area contributed by atoms with E-state index in [0.717, 1.165) is 44.9 Å². The molecule has 0 spiro atoms. The molecule has 0 radical (unpaired) electrons. The zero-order valence-electron chi connectivity index (χ0n) is 56.1. The molecule has 0 unspecified atom stereocenters. The number of carboxylic acid groups (broad SMARTS) is 2. The van der Waals surface area contributed by atoms with Gasteiger partial charge in [0.25, 0.3) is 5.91 Å². The van der Waals surface area contributed by atoms with E-state index in [0.29, 0.717) is 44.9 Å². The van der Waals surface area contributed by atoms with Crippen LogP contribution < -0.4 is 27.0 Å². The smallest absolute Gasteiger partial charge is 0.329 e. The molecular formula is C67H116N6O17. The predicted octanol–water partition coefficient (Wildman–Crippen LogP) is 8.21. The second-order valence-corrected chi connectivity index (χ2v) is 26.6. The molecule has 0 saturated carbocycles. The molecule has 1 saturated heterocycles. The number of amides is 5. The van der Waals surface area contributed by atoms with Crippen LogP contribution in [-0.2, 0) is 71.7 Å². The molecule has 1 aliphatic heterocycles. The van der Waals surface area contributed by atoms with Crippen LogP contribution in [0.2, 0.25) is 0 Å². The number of carbonyl (C=O) groups is 12. The lowest BCUT2D eigenvalue weighted by Gasteiger charge is -2.32. The highest BCUT2D eigenvalue weighted by Crippen LogP contribution is 2.34. The van der Waals surface area contributed by atoms with E-state index in [-0.39, 0.29) is 138 Å². The number of Topliss-reactive ketones (excluding diaryl/α,β-unsaturated/α-hetero) is 4. The molecule has 0 aromatic carbocycles. The Hall–Kier alpha value is -5.68. The molecule has 0 aromatic rings. The van der Waals surface area contributed by atoms with Crippen molar-refractivity contribution in [2.75, 3.05) is 52.7 Å². The lowest BCUT2D eigenvalue weighted by molar-refractivity contribution is -0.156. The van der Waals surface area contributed by atoms with Crippen LogP contribution in [0.5, 0.6) is 0 Å². The van der Waals surface area contributed by atoms with Gasteiger partial charge in [-0.15, -0.1) is 0 Å². The van der Waals surface area contributed by atoms with Crippen molar-refractivity contribution in [3.63, 3.8) is 0 Å². The molecule has 23 nitrogen and oxygen atoms in total. The van der Waals surface area contributed by atoms with E-state index in [2.05, 4.69) is 21.3 Å². The maximum absolute atomic E-state index is 14.0. The van der Waals surface area contributed by atoms with Crippen LogP contribution in [0.3, 0.4) is 0 Å². The molecule has 0 aromatic heterocycles. The second-order valence-electron chi connectivity index (χ2n) is 26.6. The number of ether oxygens (including phenoxy) is 3. The molecule has 1 aliphatic rings. The number of primary amides is 1. The number of rotatable bonds is 56. The molecule has 0 aliphatic carbocycles. The lowest BCUT2D eigenvalue weighted by atomic mass is 9.73. The van der Waals surface area contributed by atoms with Crippen LogP contribution in [0, 0.1) is 22.7 Å². The van der Waals surface area contributed by atoms with Crippen molar-refractivity contribution in [2.45, 2.75) is 279 Å². The third kappa shape index (κ3) is 38.9. The van der Waals surface area contributed by atoms with Gasteiger partial charge in [0.1, 0.15) is 36.3 Å². The summed E-state index contributed by atoms with van der Waals surface area (Å²) in [6.07, 6.45) is 20.8. The molecule has 1 fully saturated rings. The topological polar surface area (TPSA) is 350 Å². The van der Waals surface area contributed by atoms with Gasteiger partial charge in [-0.05, 0) is 82.5 Å². The van der Waals surface area contributed by atoms with Crippen molar-refractivity contribution in [1.82, 2.24) is 26.2 Å². The van der Waals surface area contributed by atoms with E-state index in [1.54, 1.807) is 13.8 Å². The summed E-state index contributed by atoms with van der Waals surface area (Å²) in [5, 5.41) is 29.3. The fourth-order valence-corrected chi connectivity index (χ4v) is 11.0. The Morgan fingerprint density at radius 2 is 1.17 bits per heavy atom. The number of esters is 1. The summed E-state index contributed by atoms with van der Waals surface area (Å²) in [6.45, 7) is 14.5. The zero-order valence-corrected chi connectivity index (χ0v) is 56.1. The van der Waals surface area contributed by atoms with Gasteiger partial charge >= 0.3 is 17.9 Å². The van der Waals surface area contributed by atoms with Gasteiger partial charge in [0, 0.05) is 62.6 Å². The summed E-state index contributed by atoms with van der Waals surface area (Å²) in [5.41, 5.74) is 3.93. The summed E-state index contributed by atoms with van der Waals surface area (Å²) in [5.74, 6) is -6.54. The summed E-state index contributed by atoms with van der Waals surface area (Å²) >= 11 is 0. The highest BCUT2D eigenvalue weighted by Gasteiger charge is 2.39. The van der Waals surface area contributed by atoms with Gasteiger partial charge in [0.05, 0.1) is 32.2 Å². The number of hydrogen-bond acceptors (Lipinski definition) is 16. The van der Waals surface area contributed by atoms with Gasteiger partial charge in [-0.1, -0.05) is 145 Å². The third-order valence-corrected chi connectivity index (χ3v) is 16.5. The summed E-state index contributed by atoms with van der Waals surface area (Å²) in [6, 6.07) is -4.12. The van der Waals surface area contributed by atoms with E-state index in [1.165, 1.54) is 56.3 Å². The fraction of sp³-hybridized carbons (Fsp3) is 0.821. The number of carboxylic acids is 2. The molecule has 90 heavy (non-hydrogen) atoms. The Labute approximate surface area is 536 Å². The first kappa shape index (κ1) is 82.3. The highest BCUT2D eigenvalue weighted by molar-refractivity contribution is 6.02. The number of carbonyl (C=O) groups excluding carboxylic acids is 10. The first-order chi connectivity index (χ1) is 42.6. The SMILES string of the molecule is CC(C)C[C@](C)(CCC(=O)C(C)(C)C)C(=O)CN[C@@H](CCCCNC(=O)COCCOCCCC(=O)CC[C@H](NC(=O)CCCCCCCCCCCCCCCCCCC(=O)O)C(=O)O)C(=O)CC(=O)N1CCC[C@H]1C(=O)OCC(=O)N[C@H](C(N)=O)C(C)C. The average molecular weight is 1280 g/mol. The van der Waals surface area contributed by atoms with Crippen molar-refractivity contribution in [1.29, 1.82) is 0 Å². The minimum Gasteiger partial charge on any atom is -0.481 e. The van der Waals surface area contributed by atoms with Gasteiger partial charge < -0.3 is 56.3 Å². The minimum atomic E-state index is -1.18. The standard InChI is InChI=1S/C67H116N6O17/c1-48(2)44-67(8,37-36-55(76)66(5,6)7)56(77)45-70-51(54(75)43-60(81)73-39-27-31-53(73)65(87)90-47-59(80)72-62(49(3)4)63(68)84)30-25-26-38-69-58(79)46-89-42-41-88-40-28-29-50(74)34-35-52(64(85)86)71-57(78)32-23-21-19-17-15-13-11-9-10-12-14-16-18-20-22-24-33-61(82)83/h48-49,51-53,62,70H,9-47H2,1-8H3,(H2,68,84)(H,69,79)(H,71,78)(H,72,80)(H,82,83)(H,85,86)/t51-,52-,53-,62-,67-/m0/s1. The first-order valence-corrected chi connectivity index (χ1v) is 33.6. The molecule has 0 bridgehead atoms. The van der Waals surface area contributed by atoms with Gasteiger partial charge in [0.2, 0.25) is 23.6 Å². The molecule has 516 valence electrons. The Bertz CT molecular complexity index is 2220. The number of likely N-dealkylation sites (tertiary alicyclic amines) is 1. The van der Waals surface area contributed by atoms with Gasteiger partial charge in [-0.3, -0.25) is 47.9 Å². The van der Waals surface area contributed by atoms with Crippen molar-refractivity contribution >= 4 is 70.6 Å². The quantitative estimate of drug-likeness (QED) is 0.0171. The lowest BCUT2D eigenvalue weighted by Crippen LogP contribution is -2.49. The van der Waals surface area contributed by atoms with Crippen LogP contribution >= 0.6 is 0 Å². The third-order valence-electron chi connectivity index (χ3n) is 16.5. The number of aliphatic carboxylic acids is 2. The van der Waals surface area contributed by atoms with E-state index < -0.39 is 89.4 Å². The van der Waals surface area contributed by atoms with Crippen molar-refractivity contribution in [3.8, 4) is 0 Å². The number of nitrogens with one attached hydrogen (secondary N) is 4. The summed E-state index contributed by atoms with van der Waals surface area (Å²) in [7, 11) is 0. The van der Waals surface area contributed by atoms with Gasteiger partial charge in [0.15, 0.2) is 18.2 Å². The first-order valence-electron chi connectivity index (χ1n) is 33.6. The Balaban J connectivity index is 2.51. The van der Waals surface area contributed by atoms with Gasteiger partial charge in [-0.25, -0.2) is 9.59 Å². The van der Waals surface area contributed by atoms with Crippen molar-refractivity contribution in [3.05, 3.63) is 0 Å². The molecule has 1 rings (SSSR count). The Kier molecular flexibility index (Phi) is 43.2. The molecule has 5 atom stereocenters. The van der Waals surface area contributed by atoms with Crippen LogP contribution in [-0.4, -0.2) is 163 Å². The van der Waals surface area contributed by atoms with Crippen LogP contribution in [0.4, 0.5) is 0 Å². The maximum atomic E-state index is 14.0. The summed E-state index contributed by atoms with van der Waals surface area (Å²) < 4.78 is 16.2. The number of ketones is 4. The van der Waals surface area contributed by atoms with Crippen LogP contribution in [0.15, 0.2) is 0 Å². The monoisotopic (exact) mass is 1280 g/mol. The largest absolute Gasteiger partial charge is 0.481 e. The van der Waals surface area contributed by atoms with E-state index in [9.17, 15) is 62.6 Å². The number of nitrogens with two attached hydrogens (primary N) is 1. The molecule has 8 N–H and O–H groups in total. The summed E-state index contributed by atoms with van der Waals surface area (Å²) in [4.78, 5) is 153. The van der Waals surface area contributed by atoms with E-state index in [1.807, 2.05) is 41.5 Å². The zero-order chi connectivity index (χ0) is 67.5. The number of unbranched alkanes of at least 4 members (excludes halogenated alkanes) is 16. The molecule has 5 amide bonds. The average Bonchev–Trinajstić information content (AvgIpc) is 2.27. The number of hydrogen-bond donors (Lipinski definition) is 7. The predicted molar refractivity (Wildman–Crippen MR) is 342 cm³/mol. The van der Waals surface area contributed by atoms with E-state index >= 15 is 0 Å². The van der Waals surface area contributed by atoms with Crippen LogP contribution in [0.1, 0.15) is 254 Å². The molecule has 1 heterocycles. The maximum Gasteiger partial charge on any atom is 0.329 e. The number of nitrogens with zero attached hydrogens (tertiary/aromatic N) is 1. The Morgan fingerprint density at radius 3 is 1.71 bits per heavy atom. The Morgan fingerprint density at radius 1 is 0.589 bits per heavy atom. The van der Waals surface area contributed by atoms with Crippen molar-refractivity contribution < 1.29 is 82.0 Å². The second kappa shape index (κ2) is 47.2. The normalized spacial score (nSPS) is 15.0. The highest BCUT2D eigenvalue weighted by atomic mass is 16.5. The molecule has 23 heteroatoms.